The lowest BCUT2D eigenvalue weighted by Crippen LogP contribution is -2.59. The molecule has 298 valence electrons. The number of alkyl carbamates (subject to hydrolysis) is 1. The number of allylic oxidation sites excluding steroid dienone is 2. The summed E-state index contributed by atoms with van der Waals surface area (Å²) in [6, 6.07) is 0.0416. The smallest absolute Gasteiger partial charge is 0.407 e. The summed E-state index contributed by atoms with van der Waals surface area (Å²) in [6.07, 6.45) is 35.8. The van der Waals surface area contributed by atoms with Crippen LogP contribution < -0.4 is 5.32 Å². The first-order valence-electron chi connectivity index (χ1n) is 21.6. The average Bonchev–Trinajstić information content (AvgIpc) is 3.11. The molecule has 8 nitrogen and oxygen atoms in total. The summed E-state index contributed by atoms with van der Waals surface area (Å²) in [5.74, 6) is -0.609. The van der Waals surface area contributed by atoms with Crippen LogP contribution in [0, 0.1) is 0 Å². The van der Waals surface area contributed by atoms with E-state index < -0.39 is 12.2 Å². The Morgan fingerprint density at radius 3 is 1.33 bits per heavy atom. The van der Waals surface area contributed by atoms with E-state index in [0.717, 1.165) is 64.6 Å². The summed E-state index contributed by atoms with van der Waals surface area (Å²) in [7, 11) is 0. The number of esters is 2. The molecule has 1 rings (SSSR count). The SMILES string of the molecule is CCCCCCCC/C=C\CCCCCCCC(=O)OCC(COC(=O)CCCCCCCCCCCCCCC)OC(=O)NC1CN(CC)C1. The molecule has 0 aromatic rings. The zero-order valence-corrected chi connectivity index (χ0v) is 33.5. The molecule has 1 amide bonds. The number of amides is 1. The van der Waals surface area contributed by atoms with Gasteiger partial charge in [0.25, 0.3) is 0 Å². The monoisotopic (exact) mass is 721 g/mol. The third-order valence-corrected chi connectivity index (χ3v) is 9.99. The first kappa shape index (κ1) is 46.9. The number of rotatable bonds is 36. The fraction of sp³-hybridized carbons (Fsp3) is 0.884. The molecule has 0 saturated carbocycles. The first-order valence-corrected chi connectivity index (χ1v) is 21.6. The Hall–Kier alpha value is -2.09. The van der Waals surface area contributed by atoms with Crippen molar-refractivity contribution in [2.75, 3.05) is 32.8 Å². The molecule has 8 heteroatoms. The standard InChI is InChI=1S/C43H80N2O6/c1-4-7-9-11-13-15-17-19-20-22-24-26-28-30-32-34-42(47)50-38-40(51-43(48)44-39-35-45(6-3)36-39)37-49-41(46)33-31-29-27-25-23-21-18-16-14-12-10-8-5-2/h19-20,39-40H,4-18,21-38H2,1-3H3,(H,44,48)/b20-19-. The maximum atomic E-state index is 12.5. The van der Waals surface area contributed by atoms with Crippen LogP contribution >= 0.6 is 0 Å². The van der Waals surface area contributed by atoms with Crippen molar-refractivity contribution in [1.29, 1.82) is 0 Å². The number of carbonyl (C=O) groups is 3. The molecule has 0 aliphatic carbocycles. The molecule has 51 heavy (non-hydrogen) atoms. The van der Waals surface area contributed by atoms with Crippen LogP contribution in [0.3, 0.4) is 0 Å². The zero-order chi connectivity index (χ0) is 37.0. The summed E-state index contributed by atoms with van der Waals surface area (Å²) < 4.78 is 16.5. The van der Waals surface area contributed by atoms with Crippen molar-refractivity contribution in [3.05, 3.63) is 12.2 Å². The van der Waals surface area contributed by atoms with Crippen LogP contribution in [0.25, 0.3) is 0 Å². The molecule has 1 aliphatic heterocycles. The molecule has 1 aliphatic rings. The van der Waals surface area contributed by atoms with Gasteiger partial charge in [0.2, 0.25) is 0 Å². The Bertz CT molecular complexity index is 859. The van der Waals surface area contributed by atoms with E-state index in [9.17, 15) is 14.4 Å². The molecule has 0 aromatic heterocycles. The molecule has 0 aromatic carbocycles. The van der Waals surface area contributed by atoms with Crippen molar-refractivity contribution in [2.24, 2.45) is 0 Å². The number of hydrogen-bond acceptors (Lipinski definition) is 7. The van der Waals surface area contributed by atoms with Gasteiger partial charge in [0, 0.05) is 25.9 Å². The minimum Gasteiger partial charge on any atom is -0.462 e. The molecule has 1 N–H and O–H groups in total. The molecule has 1 saturated heterocycles. The quantitative estimate of drug-likeness (QED) is 0.0298. The summed E-state index contributed by atoms with van der Waals surface area (Å²) in [6.45, 7) is 8.89. The van der Waals surface area contributed by atoms with Gasteiger partial charge in [-0.05, 0) is 45.1 Å². The number of ether oxygens (including phenoxy) is 3. The highest BCUT2D eigenvalue weighted by molar-refractivity contribution is 5.70. The van der Waals surface area contributed by atoms with Crippen LogP contribution in [0.15, 0.2) is 12.2 Å². The van der Waals surface area contributed by atoms with E-state index in [-0.39, 0.29) is 31.2 Å². The van der Waals surface area contributed by atoms with Gasteiger partial charge in [-0.3, -0.25) is 14.5 Å². The van der Waals surface area contributed by atoms with Gasteiger partial charge in [-0.25, -0.2) is 4.79 Å². The average molecular weight is 721 g/mol. The van der Waals surface area contributed by atoms with E-state index in [1.807, 2.05) is 0 Å². The second-order valence-electron chi connectivity index (χ2n) is 14.9. The molecule has 0 bridgehead atoms. The van der Waals surface area contributed by atoms with Gasteiger partial charge in [0.1, 0.15) is 13.2 Å². The van der Waals surface area contributed by atoms with E-state index in [4.69, 9.17) is 14.2 Å². The van der Waals surface area contributed by atoms with E-state index >= 15 is 0 Å². The normalized spacial score (nSPS) is 14.0. The van der Waals surface area contributed by atoms with Crippen molar-refractivity contribution < 1.29 is 28.6 Å². The highest BCUT2D eigenvalue weighted by atomic mass is 16.6. The van der Waals surface area contributed by atoms with Crippen molar-refractivity contribution in [3.63, 3.8) is 0 Å². The highest BCUT2D eigenvalue weighted by Gasteiger charge is 2.28. The Morgan fingerprint density at radius 2 is 0.941 bits per heavy atom. The predicted molar refractivity (Wildman–Crippen MR) is 211 cm³/mol. The van der Waals surface area contributed by atoms with E-state index in [1.165, 1.54) is 122 Å². The lowest BCUT2D eigenvalue weighted by atomic mass is 10.0. The molecular weight excluding hydrogens is 640 g/mol. The third-order valence-electron chi connectivity index (χ3n) is 9.99. The van der Waals surface area contributed by atoms with Crippen LogP contribution in [0.5, 0.6) is 0 Å². The molecule has 1 unspecified atom stereocenters. The Labute approximate surface area is 314 Å². The second kappa shape index (κ2) is 35.0. The van der Waals surface area contributed by atoms with Gasteiger partial charge in [0.05, 0.1) is 6.04 Å². The van der Waals surface area contributed by atoms with Crippen LogP contribution in [-0.4, -0.2) is 67.9 Å². The minimum absolute atomic E-state index is 0.0416. The molecule has 0 spiro atoms. The molecule has 1 fully saturated rings. The number of hydrogen-bond donors (Lipinski definition) is 1. The van der Waals surface area contributed by atoms with Crippen LogP contribution in [0.4, 0.5) is 4.79 Å². The Morgan fingerprint density at radius 1 is 0.569 bits per heavy atom. The highest BCUT2D eigenvalue weighted by Crippen LogP contribution is 2.14. The van der Waals surface area contributed by atoms with Gasteiger partial charge in [-0.2, -0.15) is 0 Å². The Balaban J connectivity index is 2.19. The molecule has 0 radical (unpaired) electrons. The van der Waals surface area contributed by atoms with Crippen molar-refractivity contribution in [2.45, 2.75) is 213 Å². The summed E-state index contributed by atoms with van der Waals surface area (Å²) in [5, 5.41) is 2.86. The fourth-order valence-electron chi connectivity index (χ4n) is 6.53. The van der Waals surface area contributed by atoms with Crippen LogP contribution in [0.2, 0.25) is 0 Å². The number of carbonyl (C=O) groups excluding carboxylic acids is 3. The number of nitrogens with one attached hydrogen (secondary N) is 1. The number of likely N-dealkylation sites (N-methyl/N-ethyl adjacent to an activating group) is 1. The van der Waals surface area contributed by atoms with E-state index in [0.29, 0.717) is 12.8 Å². The fourth-order valence-corrected chi connectivity index (χ4v) is 6.53. The maximum Gasteiger partial charge on any atom is 0.407 e. The molecule has 1 atom stereocenters. The summed E-state index contributed by atoms with van der Waals surface area (Å²) >= 11 is 0. The van der Waals surface area contributed by atoms with Gasteiger partial charge < -0.3 is 19.5 Å². The lowest BCUT2D eigenvalue weighted by Gasteiger charge is -2.38. The van der Waals surface area contributed by atoms with Crippen molar-refractivity contribution in [3.8, 4) is 0 Å². The lowest BCUT2D eigenvalue weighted by molar-refractivity contribution is -0.152. The third kappa shape index (κ3) is 30.1. The molecule has 1 heterocycles. The summed E-state index contributed by atoms with van der Waals surface area (Å²) in [4.78, 5) is 39.7. The number of unbranched alkanes of at least 4 members (excludes halogenated alkanes) is 23. The largest absolute Gasteiger partial charge is 0.462 e. The number of nitrogens with zero attached hydrogens (tertiary/aromatic N) is 1. The first-order chi connectivity index (χ1) is 25.0. The van der Waals surface area contributed by atoms with Crippen molar-refractivity contribution in [1.82, 2.24) is 10.2 Å². The van der Waals surface area contributed by atoms with E-state index in [2.05, 4.69) is 43.1 Å². The van der Waals surface area contributed by atoms with Crippen LogP contribution in [0.1, 0.15) is 201 Å². The van der Waals surface area contributed by atoms with Gasteiger partial charge >= 0.3 is 18.0 Å². The summed E-state index contributed by atoms with van der Waals surface area (Å²) in [5.41, 5.74) is 0. The maximum absolute atomic E-state index is 12.5. The van der Waals surface area contributed by atoms with E-state index in [1.54, 1.807) is 0 Å². The topological polar surface area (TPSA) is 94.2 Å². The van der Waals surface area contributed by atoms with Gasteiger partial charge in [-0.1, -0.05) is 161 Å². The zero-order valence-electron chi connectivity index (χ0n) is 33.5. The molecular formula is C43H80N2O6. The predicted octanol–water partition coefficient (Wildman–Crippen LogP) is 11.4. The van der Waals surface area contributed by atoms with Crippen LogP contribution in [-0.2, 0) is 23.8 Å². The Kier molecular flexibility index (Phi) is 32.2. The number of likely N-dealkylation sites (tertiary alicyclic amines) is 1. The van der Waals surface area contributed by atoms with Gasteiger partial charge in [0.15, 0.2) is 6.10 Å². The van der Waals surface area contributed by atoms with Gasteiger partial charge in [-0.15, -0.1) is 0 Å². The second-order valence-corrected chi connectivity index (χ2v) is 14.9. The minimum atomic E-state index is -0.832. The van der Waals surface area contributed by atoms with Crippen molar-refractivity contribution >= 4 is 18.0 Å².